The summed E-state index contributed by atoms with van der Waals surface area (Å²) in [5.74, 6) is 0. The Morgan fingerprint density at radius 2 is 1.94 bits per heavy atom. The van der Waals surface area contributed by atoms with Gasteiger partial charge in [-0.2, -0.15) is 4.57 Å². The molecule has 0 aliphatic carbocycles. The Kier molecular flexibility index (Phi) is 3.16. The highest BCUT2D eigenvalue weighted by molar-refractivity contribution is 5.83. The summed E-state index contributed by atoms with van der Waals surface area (Å²) in [4.78, 5) is 0. The molecule has 1 aromatic carbocycles. The zero-order valence-corrected chi connectivity index (χ0v) is 9.39. The van der Waals surface area contributed by atoms with Gasteiger partial charge < -0.3 is 0 Å². The Morgan fingerprint density at radius 3 is 2.69 bits per heavy atom. The smallest absolute Gasteiger partial charge is 0.171 e. The van der Waals surface area contributed by atoms with Gasteiger partial charge in [-0.25, -0.2) is 0 Å². The van der Waals surface area contributed by atoms with Crippen LogP contribution >= 0.6 is 0 Å². The summed E-state index contributed by atoms with van der Waals surface area (Å²) in [5.41, 5.74) is 1.30. The fourth-order valence-corrected chi connectivity index (χ4v) is 1.97. The Balaban J connectivity index is 2.62. The molecule has 0 N–H and O–H groups in total. The van der Waals surface area contributed by atoms with Gasteiger partial charge in [0.25, 0.3) is 0 Å². The molecule has 1 nitrogen and oxygen atoms in total. The summed E-state index contributed by atoms with van der Waals surface area (Å²) in [6.45, 7) is 7.62. The fraction of sp³-hybridized carbons (Fsp3) is 0.133. The van der Waals surface area contributed by atoms with Crippen molar-refractivity contribution in [3.05, 3.63) is 61.5 Å². The van der Waals surface area contributed by atoms with Crippen molar-refractivity contribution in [3.8, 4) is 0 Å². The summed E-state index contributed by atoms with van der Waals surface area (Å²) >= 11 is 0. The second-order valence-electron chi connectivity index (χ2n) is 3.77. The maximum Gasteiger partial charge on any atom is 0.195 e. The summed E-state index contributed by atoms with van der Waals surface area (Å²) in [7, 11) is 0. The fourth-order valence-electron chi connectivity index (χ4n) is 1.97. The Bertz CT molecular complexity index is 526. The van der Waals surface area contributed by atoms with Crippen LogP contribution in [0.2, 0.25) is 0 Å². The van der Waals surface area contributed by atoms with Gasteiger partial charge in [-0.3, -0.25) is 0 Å². The van der Waals surface area contributed by atoms with Gasteiger partial charge in [-0.05, 0) is 24.5 Å². The first-order valence-electron chi connectivity index (χ1n) is 5.52. The van der Waals surface area contributed by atoms with E-state index < -0.39 is 0 Å². The zero-order chi connectivity index (χ0) is 11.4. The van der Waals surface area contributed by atoms with Crippen molar-refractivity contribution >= 4 is 17.0 Å². The number of aryl methyl sites for hydroxylation is 1. The van der Waals surface area contributed by atoms with Gasteiger partial charge in [0, 0.05) is 17.9 Å². The van der Waals surface area contributed by atoms with Crippen LogP contribution in [0.1, 0.15) is 12.1 Å². The molecule has 2 aromatic rings. The molecule has 0 amide bonds. The molecule has 0 saturated carbocycles. The number of fused-ring (bicyclic) bond motifs is 1. The van der Waals surface area contributed by atoms with Crippen LogP contribution < -0.4 is 4.57 Å². The molecule has 0 atom stereocenters. The molecule has 0 radical (unpaired) electrons. The molecule has 1 aromatic heterocycles. The third-order valence-electron chi connectivity index (χ3n) is 2.78. The van der Waals surface area contributed by atoms with Crippen LogP contribution in [0.3, 0.4) is 0 Å². The number of pyridine rings is 1. The number of hydrogen-bond donors (Lipinski definition) is 0. The molecular formula is C15H16N+. The normalized spacial score (nSPS) is 10.2. The second kappa shape index (κ2) is 4.75. The van der Waals surface area contributed by atoms with Crippen molar-refractivity contribution in [2.45, 2.75) is 12.8 Å². The van der Waals surface area contributed by atoms with E-state index in [9.17, 15) is 0 Å². The topological polar surface area (TPSA) is 3.88 Å². The monoisotopic (exact) mass is 210 g/mol. The summed E-state index contributed by atoms with van der Waals surface area (Å²) in [5, 5.41) is 2.58. The van der Waals surface area contributed by atoms with Gasteiger partial charge in [0.1, 0.15) is 0 Å². The average Bonchev–Trinajstić information content (AvgIpc) is 2.35. The van der Waals surface area contributed by atoms with E-state index in [0.717, 1.165) is 12.8 Å². The third kappa shape index (κ3) is 1.89. The van der Waals surface area contributed by atoms with Crippen LogP contribution in [0.4, 0.5) is 0 Å². The summed E-state index contributed by atoms with van der Waals surface area (Å²) in [6, 6.07) is 10.6. The quantitative estimate of drug-likeness (QED) is 0.538. The molecule has 0 aliphatic heterocycles. The molecule has 1 heteroatoms. The summed E-state index contributed by atoms with van der Waals surface area (Å²) in [6.07, 6.45) is 7.85. The van der Waals surface area contributed by atoms with E-state index in [4.69, 9.17) is 0 Å². The van der Waals surface area contributed by atoms with Crippen LogP contribution in [0.25, 0.3) is 17.0 Å². The lowest BCUT2D eigenvalue weighted by Crippen LogP contribution is -2.31. The van der Waals surface area contributed by atoms with E-state index in [-0.39, 0.29) is 0 Å². The maximum absolute atomic E-state index is 3.84. The predicted molar refractivity (Wildman–Crippen MR) is 69.0 cm³/mol. The highest BCUT2D eigenvalue weighted by atomic mass is 14.9. The minimum absolute atomic E-state index is 0.988. The number of benzene rings is 1. The van der Waals surface area contributed by atoms with Crippen LogP contribution in [-0.4, -0.2) is 0 Å². The van der Waals surface area contributed by atoms with E-state index >= 15 is 0 Å². The number of aromatic nitrogens is 1. The van der Waals surface area contributed by atoms with Gasteiger partial charge in [0.15, 0.2) is 18.1 Å². The molecule has 2 rings (SSSR count). The SMILES string of the molecule is C=CCCc1c2ccccc2cc[n+]1C=C. The molecule has 16 heavy (non-hydrogen) atoms. The van der Waals surface area contributed by atoms with Gasteiger partial charge >= 0.3 is 0 Å². The lowest BCUT2D eigenvalue weighted by molar-refractivity contribution is -0.575. The van der Waals surface area contributed by atoms with Gasteiger partial charge in [0.05, 0.1) is 0 Å². The molecule has 0 unspecified atom stereocenters. The zero-order valence-electron chi connectivity index (χ0n) is 9.39. The van der Waals surface area contributed by atoms with E-state index in [2.05, 4.69) is 54.3 Å². The van der Waals surface area contributed by atoms with Gasteiger partial charge in [-0.15, -0.1) is 6.58 Å². The Morgan fingerprint density at radius 1 is 1.12 bits per heavy atom. The lowest BCUT2D eigenvalue weighted by Gasteiger charge is -2.03. The van der Waals surface area contributed by atoms with Gasteiger partial charge in [-0.1, -0.05) is 24.3 Å². The number of hydrogen-bond acceptors (Lipinski definition) is 0. The molecular weight excluding hydrogens is 194 g/mol. The van der Waals surface area contributed by atoms with Crippen LogP contribution in [0.5, 0.6) is 0 Å². The number of allylic oxidation sites excluding steroid dienone is 1. The van der Waals surface area contributed by atoms with E-state index in [0.29, 0.717) is 0 Å². The van der Waals surface area contributed by atoms with Crippen LogP contribution in [0, 0.1) is 0 Å². The van der Waals surface area contributed by atoms with Crippen molar-refractivity contribution in [1.29, 1.82) is 0 Å². The van der Waals surface area contributed by atoms with Crippen molar-refractivity contribution < 1.29 is 4.57 Å². The summed E-state index contributed by atoms with van der Waals surface area (Å²) < 4.78 is 2.09. The molecule has 0 fully saturated rings. The number of nitrogens with zero attached hydrogens (tertiary/aromatic N) is 1. The van der Waals surface area contributed by atoms with Crippen LogP contribution in [0.15, 0.2) is 55.8 Å². The highest BCUT2D eigenvalue weighted by Crippen LogP contribution is 2.16. The predicted octanol–water partition coefficient (Wildman–Crippen LogP) is 3.35. The van der Waals surface area contributed by atoms with Crippen molar-refractivity contribution in [1.82, 2.24) is 0 Å². The average molecular weight is 210 g/mol. The lowest BCUT2D eigenvalue weighted by atomic mass is 10.1. The molecule has 0 bridgehead atoms. The van der Waals surface area contributed by atoms with Crippen LogP contribution in [-0.2, 0) is 6.42 Å². The first-order chi connectivity index (χ1) is 7.86. The second-order valence-corrected chi connectivity index (χ2v) is 3.77. The van der Waals surface area contributed by atoms with Crippen molar-refractivity contribution in [2.24, 2.45) is 0 Å². The highest BCUT2D eigenvalue weighted by Gasteiger charge is 2.11. The van der Waals surface area contributed by atoms with Gasteiger partial charge in [0.2, 0.25) is 0 Å². The largest absolute Gasteiger partial charge is 0.195 e. The maximum atomic E-state index is 3.84. The minimum Gasteiger partial charge on any atom is -0.171 e. The van der Waals surface area contributed by atoms with E-state index in [1.165, 1.54) is 16.5 Å². The third-order valence-corrected chi connectivity index (χ3v) is 2.78. The Hall–Kier alpha value is -1.89. The molecule has 80 valence electrons. The van der Waals surface area contributed by atoms with Crippen molar-refractivity contribution in [3.63, 3.8) is 0 Å². The van der Waals surface area contributed by atoms with E-state index in [1.807, 2.05) is 12.3 Å². The molecule has 0 aliphatic rings. The number of rotatable bonds is 4. The molecule has 0 saturated heterocycles. The Labute approximate surface area is 96.4 Å². The first kappa shape index (κ1) is 10.6. The standard InChI is InChI=1S/C15H16N/c1-3-5-10-15-14-9-7-6-8-13(14)11-12-16(15)4-2/h3-4,6-9,11-12H,1-2,5,10H2/q+1. The molecule has 0 spiro atoms. The van der Waals surface area contributed by atoms with Crippen molar-refractivity contribution in [2.75, 3.05) is 0 Å². The molecule has 1 heterocycles. The first-order valence-corrected chi connectivity index (χ1v) is 5.52. The van der Waals surface area contributed by atoms with E-state index in [1.54, 1.807) is 0 Å². The minimum atomic E-state index is 0.988.